The van der Waals surface area contributed by atoms with Crippen molar-refractivity contribution in [1.29, 1.82) is 0 Å². The lowest BCUT2D eigenvalue weighted by atomic mass is 10.1. The fourth-order valence-electron chi connectivity index (χ4n) is 4.04. The largest absolute Gasteiger partial charge is 0.426 e. The maximum absolute atomic E-state index is 12.6. The van der Waals surface area contributed by atoms with Crippen LogP contribution < -0.4 is 4.74 Å². The third-order valence-corrected chi connectivity index (χ3v) is 7.92. The van der Waals surface area contributed by atoms with Crippen LogP contribution in [0.4, 0.5) is 0 Å². The fraction of sp³-hybridized carbons (Fsp3) is 0.161. The molecule has 4 rings (SSSR count). The first-order valence-corrected chi connectivity index (χ1v) is 13.0. The van der Waals surface area contributed by atoms with Crippen molar-refractivity contribution >= 4 is 22.6 Å². The van der Waals surface area contributed by atoms with Crippen molar-refractivity contribution in [3.63, 3.8) is 0 Å². The topological polar surface area (TPSA) is 43.4 Å². The second-order valence-electron chi connectivity index (χ2n) is 8.44. The molecule has 0 saturated carbocycles. The molecule has 176 valence electrons. The van der Waals surface area contributed by atoms with E-state index in [0.717, 1.165) is 11.1 Å². The number of Topliss-reactive ketones (excluding diaryl/α,β-unsaturated/α-hetero) is 1. The molecule has 0 aliphatic carbocycles. The van der Waals surface area contributed by atoms with Crippen LogP contribution in [-0.4, -0.2) is 11.8 Å². The lowest BCUT2D eigenvalue weighted by Crippen LogP contribution is -2.12. The Bertz CT molecular complexity index is 1220. The maximum Gasteiger partial charge on any atom is 0.311 e. The van der Waals surface area contributed by atoms with Crippen molar-refractivity contribution in [2.45, 2.75) is 47.8 Å². The van der Waals surface area contributed by atoms with E-state index in [4.69, 9.17) is 4.74 Å². The molecule has 3 nitrogen and oxygen atoms in total. The molecule has 0 atom stereocenters. The van der Waals surface area contributed by atoms with E-state index in [2.05, 4.69) is 60.7 Å². The summed E-state index contributed by atoms with van der Waals surface area (Å²) in [5, 5.41) is 0. The van der Waals surface area contributed by atoms with Gasteiger partial charge in [0.05, 0.1) is 10.9 Å². The minimum Gasteiger partial charge on any atom is -0.426 e. The molecule has 4 aromatic rings. The number of carbonyl (C=O) groups excluding carboxylic acids is 2. The first-order valence-electron chi connectivity index (χ1n) is 11.8. The van der Waals surface area contributed by atoms with E-state index in [0.29, 0.717) is 24.2 Å². The van der Waals surface area contributed by atoms with Gasteiger partial charge >= 0.3 is 5.97 Å². The average Bonchev–Trinajstić information content (AvgIpc) is 2.88. The van der Waals surface area contributed by atoms with Gasteiger partial charge < -0.3 is 4.74 Å². The van der Waals surface area contributed by atoms with E-state index in [-0.39, 0.29) is 29.1 Å². The molecule has 4 heteroatoms. The Balaban J connectivity index is 1.48. The molecule has 0 aliphatic heterocycles. The predicted octanol–water partition coefficient (Wildman–Crippen LogP) is 7.36. The van der Waals surface area contributed by atoms with Crippen LogP contribution >= 0.6 is 0 Å². The van der Waals surface area contributed by atoms with Crippen LogP contribution in [0.15, 0.2) is 118 Å². The summed E-state index contributed by atoms with van der Waals surface area (Å²) in [6, 6.07) is 34.4. The summed E-state index contributed by atoms with van der Waals surface area (Å²) in [6.07, 6.45) is 0.999. The molecule has 0 unspecified atom stereocenters. The number of aryl methyl sites for hydroxylation is 2. The Morgan fingerprint density at radius 2 is 1.14 bits per heavy atom. The second kappa shape index (κ2) is 11.7. The number of carbonyl (C=O) groups is 2. The van der Waals surface area contributed by atoms with E-state index in [9.17, 15) is 9.59 Å². The minimum atomic E-state index is -0.310. The normalized spacial score (nSPS) is 10.8. The molecule has 0 bridgehead atoms. The van der Waals surface area contributed by atoms with Crippen LogP contribution in [0.1, 0.15) is 40.7 Å². The molecule has 0 spiro atoms. The lowest BCUT2D eigenvalue weighted by Gasteiger charge is -2.14. The molecule has 4 aromatic carbocycles. The van der Waals surface area contributed by atoms with Crippen molar-refractivity contribution in [3.8, 4) is 5.75 Å². The Hall–Kier alpha value is -3.63. The van der Waals surface area contributed by atoms with Crippen molar-refractivity contribution in [3.05, 3.63) is 120 Å². The summed E-state index contributed by atoms with van der Waals surface area (Å²) < 4.78 is 5.76. The molecule has 0 N–H and O–H groups in total. The van der Waals surface area contributed by atoms with Gasteiger partial charge in [0.2, 0.25) is 0 Å². The van der Waals surface area contributed by atoms with Gasteiger partial charge in [-0.05, 0) is 55.7 Å². The number of esters is 1. The summed E-state index contributed by atoms with van der Waals surface area (Å²) in [5.74, 6) is 0.344. The van der Waals surface area contributed by atoms with Gasteiger partial charge in [0.15, 0.2) is 20.5 Å². The second-order valence-corrected chi connectivity index (χ2v) is 10.5. The third-order valence-electron chi connectivity index (χ3n) is 5.72. The number of hydrogen-bond donors (Lipinski definition) is 0. The van der Waals surface area contributed by atoms with Crippen LogP contribution in [0.5, 0.6) is 5.75 Å². The van der Waals surface area contributed by atoms with Crippen LogP contribution in [0.3, 0.4) is 0 Å². The van der Waals surface area contributed by atoms with Gasteiger partial charge in [-0.1, -0.05) is 66.7 Å². The smallest absolute Gasteiger partial charge is 0.311 e. The highest BCUT2D eigenvalue weighted by molar-refractivity contribution is 7.97. The van der Waals surface area contributed by atoms with Crippen LogP contribution in [0, 0.1) is 13.8 Å². The average molecular weight is 482 g/mol. The zero-order valence-corrected chi connectivity index (χ0v) is 20.9. The first kappa shape index (κ1) is 24.5. The summed E-state index contributed by atoms with van der Waals surface area (Å²) in [7, 11) is -0.262. The van der Waals surface area contributed by atoms with Gasteiger partial charge in [-0.15, -0.1) is 0 Å². The lowest BCUT2D eigenvalue weighted by molar-refractivity contribution is -0.134. The van der Waals surface area contributed by atoms with Gasteiger partial charge in [0.25, 0.3) is 0 Å². The summed E-state index contributed by atoms with van der Waals surface area (Å²) >= 11 is 0. The van der Waals surface area contributed by atoms with Gasteiger partial charge in [-0.25, -0.2) is 0 Å². The fourth-order valence-corrected chi connectivity index (χ4v) is 6.30. The maximum atomic E-state index is 12.6. The van der Waals surface area contributed by atoms with Crippen LogP contribution in [0.2, 0.25) is 0 Å². The van der Waals surface area contributed by atoms with Crippen molar-refractivity contribution in [2.75, 3.05) is 0 Å². The van der Waals surface area contributed by atoms with E-state index in [1.165, 1.54) is 14.7 Å². The van der Waals surface area contributed by atoms with Crippen molar-refractivity contribution < 1.29 is 14.3 Å². The highest BCUT2D eigenvalue weighted by Crippen LogP contribution is 2.35. The zero-order valence-electron chi connectivity index (χ0n) is 20.1. The molecule has 0 aromatic heterocycles. The number of ketones is 1. The van der Waals surface area contributed by atoms with E-state index < -0.39 is 0 Å². The Kier molecular flexibility index (Phi) is 8.17. The molecule has 0 radical (unpaired) electrons. The third kappa shape index (κ3) is 6.28. The van der Waals surface area contributed by atoms with E-state index >= 15 is 0 Å². The number of benzene rings is 4. The number of rotatable bonds is 9. The van der Waals surface area contributed by atoms with E-state index in [1.807, 2.05) is 44.2 Å². The van der Waals surface area contributed by atoms with Crippen molar-refractivity contribution in [2.24, 2.45) is 0 Å². The molecule has 35 heavy (non-hydrogen) atoms. The van der Waals surface area contributed by atoms with Gasteiger partial charge in [-0.2, -0.15) is 0 Å². The highest BCUT2D eigenvalue weighted by atomic mass is 32.2. The number of ether oxygens (including phenoxy) is 1. The Morgan fingerprint density at radius 3 is 1.66 bits per heavy atom. The molecular formula is C31H29O3S+. The quantitative estimate of drug-likeness (QED) is 0.109. The Morgan fingerprint density at radius 1 is 0.657 bits per heavy atom. The standard InChI is InChI=1S/C31H29O3S/c1-23-21-28(35(26-15-8-4-9-16-26)27-17-10-5-11-18-27)22-24(2)31(23)34-30(33)20-12-19-29(32)25-13-6-3-7-14-25/h3-11,13-18,21-22H,12,19-20H2,1-2H3/q+1. The zero-order chi connectivity index (χ0) is 24.6. The monoisotopic (exact) mass is 481 g/mol. The summed E-state index contributed by atoms with van der Waals surface area (Å²) in [5.41, 5.74) is 2.53. The van der Waals surface area contributed by atoms with Gasteiger partial charge in [0.1, 0.15) is 5.75 Å². The molecule has 0 amide bonds. The highest BCUT2D eigenvalue weighted by Gasteiger charge is 2.30. The van der Waals surface area contributed by atoms with Gasteiger partial charge in [-0.3, -0.25) is 9.59 Å². The number of hydrogen-bond acceptors (Lipinski definition) is 3. The first-order chi connectivity index (χ1) is 17.0. The predicted molar refractivity (Wildman–Crippen MR) is 141 cm³/mol. The van der Waals surface area contributed by atoms with E-state index in [1.54, 1.807) is 12.1 Å². The Labute approximate surface area is 210 Å². The van der Waals surface area contributed by atoms with Gasteiger partial charge in [0, 0.05) is 30.5 Å². The van der Waals surface area contributed by atoms with Crippen LogP contribution in [-0.2, 0) is 15.7 Å². The van der Waals surface area contributed by atoms with Crippen molar-refractivity contribution in [1.82, 2.24) is 0 Å². The summed E-state index contributed by atoms with van der Waals surface area (Å²) in [4.78, 5) is 28.5. The minimum absolute atomic E-state index is 0.0453. The SMILES string of the molecule is Cc1cc([S+](c2ccccc2)c2ccccc2)cc(C)c1OC(=O)CCCC(=O)c1ccccc1. The van der Waals surface area contributed by atoms with Crippen LogP contribution in [0.25, 0.3) is 0 Å². The molecule has 0 aliphatic rings. The molecule has 0 heterocycles. The summed E-state index contributed by atoms with van der Waals surface area (Å²) in [6.45, 7) is 3.96. The molecule has 0 saturated heterocycles. The molecular weight excluding hydrogens is 452 g/mol. The molecule has 0 fully saturated rings.